The van der Waals surface area contributed by atoms with Gasteiger partial charge in [0.25, 0.3) is 5.91 Å². The number of halogens is 2. The van der Waals surface area contributed by atoms with Gasteiger partial charge >= 0.3 is 6.61 Å². The molecule has 0 radical (unpaired) electrons. The van der Waals surface area contributed by atoms with Gasteiger partial charge in [0, 0.05) is 32.7 Å². The van der Waals surface area contributed by atoms with E-state index in [1.807, 2.05) is 0 Å². The lowest BCUT2D eigenvalue weighted by molar-refractivity contribution is -0.0512. The molecule has 2 aromatic rings. The average molecular weight is 484 g/mol. The molecule has 1 fully saturated rings. The predicted molar refractivity (Wildman–Crippen MR) is 121 cm³/mol. The number of hydrogen-bond acceptors (Lipinski definition) is 6. The van der Waals surface area contributed by atoms with Crippen molar-refractivity contribution in [2.45, 2.75) is 30.8 Å². The number of alkyl halides is 2. The van der Waals surface area contributed by atoms with E-state index in [9.17, 15) is 22.0 Å². The van der Waals surface area contributed by atoms with Crippen molar-refractivity contribution in [2.24, 2.45) is 0 Å². The Morgan fingerprint density at radius 3 is 2.36 bits per heavy atom. The Balaban J connectivity index is 1.92. The minimum atomic E-state index is -3.70. The first kappa shape index (κ1) is 24.7. The van der Waals surface area contributed by atoms with Gasteiger partial charge in [0.15, 0.2) is 11.5 Å². The quantitative estimate of drug-likeness (QED) is 0.615. The largest absolute Gasteiger partial charge is 0.493 e. The maximum Gasteiger partial charge on any atom is 0.387 e. The van der Waals surface area contributed by atoms with E-state index >= 15 is 0 Å². The van der Waals surface area contributed by atoms with E-state index in [0.29, 0.717) is 24.5 Å². The smallest absolute Gasteiger partial charge is 0.387 e. The first-order chi connectivity index (χ1) is 15.6. The van der Waals surface area contributed by atoms with Crippen LogP contribution in [0.5, 0.6) is 11.5 Å². The standard InChI is InChI=1S/C22H27F2N3O5S/c1-26(2)18-9-8-16(33(29,30)27-11-5-4-6-12-27)14-17(18)25-21(28)15-7-10-19(32-22(23)24)20(13-15)31-3/h7-10,13-14,22H,4-6,11-12H2,1-3H3,(H,25,28). The summed E-state index contributed by atoms with van der Waals surface area (Å²) in [4.78, 5) is 14.7. The van der Waals surface area contributed by atoms with Crippen LogP contribution in [-0.4, -0.2) is 59.5 Å². The van der Waals surface area contributed by atoms with E-state index in [1.54, 1.807) is 25.1 Å². The molecular formula is C22H27F2N3O5S. The Morgan fingerprint density at radius 1 is 1.06 bits per heavy atom. The van der Waals surface area contributed by atoms with Crippen molar-refractivity contribution in [3.8, 4) is 11.5 Å². The van der Waals surface area contributed by atoms with E-state index in [2.05, 4.69) is 10.1 Å². The number of hydrogen-bond donors (Lipinski definition) is 1. The van der Waals surface area contributed by atoms with E-state index in [4.69, 9.17) is 4.74 Å². The summed E-state index contributed by atoms with van der Waals surface area (Å²) < 4.78 is 62.2. The van der Waals surface area contributed by atoms with Crippen molar-refractivity contribution in [2.75, 3.05) is 44.5 Å². The maximum atomic E-state index is 13.1. The number of methoxy groups -OCH3 is 1. The molecule has 180 valence electrons. The van der Waals surface area contributed by atoms with Crippen molar-refractivity contribution >= 4 is 27.3 Å². The first-order valence-electron chi connectivity index (χ1n) is 10.4. The third-order valence-corrected chi connectivity index (χ3v) is 7.19. The van der Waals surface area contributed by atoms with Crippen LogP contribution in [0.2, 0.25) is 0 Å². The number of carbonyl (C=O) groups is 1. The number of sulfonamides is 1. The third kappa shape index (κ3) is 5.72. The van der Waals surface area contributed by atoms with Gasteiger partial charge in [-0.2, -0.15) is 13.1 Å². The molecule has 0 aliphatic carbocycles. The SMILES string of the molecule is COc1cc(C(=O)Nc2cc(S(=O)(=O)N3CCCCC3)ccc2N(C)C)ccc1OC(F)F. The zero-order valence-electron chi connectivity index (χ0n) is 18.7. The summed E-state index contributed by atoms with van der Waals surface area (Å²) in [5.41, 5.74) is 1.03. The summed E-state index contributed by atoms with van der Waals surface area (Å²) in [5.74, 6) is -0.794. The molecule has 1 N–H and O–H groups in total. The van der Waals surface area contributed by atoms with Crippen LogP contribution in [0.25, 0.3) is 0 Å². The van der Waals surface area contributed by atoms with E-state index in [0.717, 1.165) is 19.3 Å². The molecule has 0 unspecified atom stereocenters. The topological polar surface area (TPSA) is 88.2 Å². The van der Waals surface area contributed by atoms with Gasteiger partial charge in [-0.25, -0.2) is 8.42 Å². The number of nitrogens with one attached hydrogen (secondary N) is 1. The van der Waals surface area contributed by atoms with E-state index in [-0.39, 0.29) is 22.0 Å². The highest BCUT2D eigenvalue weighted by molar-refractivity contribution is 7.89. The van der Waals surface area contributed by atoms with Crippen LogP contribution in [-0.2, 0) is 10.0 Å². The van der Waals surface area contributed by atoms with Crippen LogP contribution in [0, 0.1) is 0 Å². The Morgan fingerprint density at radius 2 is 1.76 bits per heavy atom. The minimum Gasteiger partial charge on any atom is -0.493 e. The van der Waals surface area contributed by atoms with Gasteiger partial charge in [-0.05, 0) is 49.2 Å². The van der Waals surface area contributed by atoms with E-state index in [1.165, 1.54) is 41.7 Å². The Bertz CT molecular complexity index is 1100. The number of carbonyl (C=O) groups excluding carboxylic acids is 1. The van der Waals surface area contributed by atoms with Gasteiger partial charge < -0.3 is 19.7 Å². The van der Waals surface area contributed by atoms with Gasteiger partial charge in [0.2, 0.25) is 10.0 Å². The van der Waals surface area contributed by atoms with Gasteiger partial charge in [0.05, 0.1) is 23.4 Å². The summed E-state index contributed by atoms with van der Waals surface area (Å²) in [6.45, 7) is -2.11. The predicted octanol–water partition coefficient (Wildman–Crippen LogP) is 3.79. The lowest BCUT2D eigenvalue weighted by Crippen LogP contribution is -2.35. The van der Waals surface area contributed by atoms with Crippen molar-refractivity contribution < 1.29 is 31.5 Å². The number of nitrogens with zero attached hydrogens (tertiary/aromatic N) is 2. The molecule has 0 bridgehead atoms. The molecule has 1 amide bonds. The molecule has 0 aromatic heterocycles. The minimum absolute atomic E-state index is 0.0304. The van der Waals surface area contributed by atoms with Gasteiger partial charge in [-0.15, -0.1) is 0 Å². The summed E-state index contributed by atoms with van der Waals surface area (Å²) in [7, 11) is 1.11. The number of amides is 1. The molecule has 0 atom stereocenters. The fraction of sp³-hybridized carbons (Fsp3) is 0.409. The molecule has 1 aliphatic rings. The van der Waals surface area contributed by atoms with Crippen LogP contribution < -0.4 is 19.7 Å². The molecular weight excluding hydrogens is 456 g/mol. The lowest BCUT2D eigenvalue weighted by Gasteiger charge is -2.26. The van der Waals surface area contributed by atoms with Crippen LogP contribution in [0.1, 0.15) is 29.6 Å². The normalized spacial score (nSPS) is 14.7. The van der Waals surface area contributed by atoms with E-state index < -0.39 is 22.5 Å². The van der Waals surface area contributed by atoms with Crippen molar-refractivity contribution in [3.63, 3.8) is 0 Å². The summed E-state index contributed by atoms with van der Waals surface area (Å²) in [6, 6.07) is 8.39. The number of benzene rings is 2. The molecule has 1 saturated heterocycles. The Kier molecular flexibility index (Phi) is 7.75. The second-order valence-corrected chi connectivity index (χ2v) is 9.67. The number of rotatable bonds is 8. The highest BCUT2D eigenvalue weighted by Gasteiger charge is 2.27. The number of anilines is 2. The van der Waals surface area contributed by atoms with Crippen LogP contribution >= 0.6 is 0 Å². The van der Waals surface area contributed by atoms with Crippen molar-refractivity contribution in [1.29, 1.82) is 0 Å². The molecule has 2 aromatic carbocycles. The molecule has 3 rings (SSSR count). The van der Waals surface area contributed by atoms with Crippen LogP contribution in [0.15, 0.2) is 41.3 Å². The van der Waals surface area contributed by atoms with Gasteiger partial charge in [-0.1, -0.05) is 6.42 Å². The number of piperidine rings is 1. The zero-order chi connectivity index (χ0) is 24.2. The molecule has 0 spiro atoms. The Labute approximate surface area is 192 Å². The monoisotopic (exact) mass is 483 g/mol. The summed E-state index contributed by atoms with van der Waals surface area (Å²) in [6.07, 6.45) is 2.62. The van der Waals surface area contributed by atoms with Crippen molar-refractivity contribution in [3.05, 3.63) is 42.0 Å². The fourth-order valence-electron chi connectivity index (χ4n) is 3.62. The molecule has 11 heteroatoms. The second-order valence-electron chi connectivity index (χ2n) is 7.74. The molecule has 1 aliphatic heterocycles. The highest BCUT2D eigenvalue weighted by Crippen LogP contribution is 2.32. The number of ether oxygens (including phenoxy) is 2. The van der Waals surface area contributed by atoms with Gasteiger partial charge in [0.1, 0.15) is 0 Å². The van der Waals surface area contributed by atoms with Crippen LogP contribution in [0.3, 0.4) is 0 Å². The fourth-order valence-corrected chi connectivity index (χ4v) is 5.16. The molecule has 1 heterocycles. The second kappa shape index (κ2) is 10.3. The average Bonchev–Trinajstić information content (AvgIpc) is 2.79. The van der Waals surface area contributed by atoms with Crippen molar-refractivity contribution in [1.82, 2.24) is 4.31 Å². The summed E-state index contributed by atoms with van der Waals surface area (Å²) in [5, 5.41) is 2.73. The lowest BCUT2D eigenvalue weighted by atomic mass is 10.1. The molecule has 33 heavy (non-hydrogen) atoms. The van der Waals surface area contributed by atoms with Crippen LogP contribution in [0.4, 0.5) is 20.2 Å². The van der Waals surface area contributed by atoms with Gasteiger partial charge in [-0.3, -0.25) is 4.79 Å². The zero-order valence-corrected chi connectivity index (χ0v) is 19.5. The molecule has 8 nitrogen and oxygen atoms in total. The third-order valence-electron chi connectivity index (χ3n) is 5.29. The summed E-state index contributed by atoms with van der Waals surface area (Å²) >= 11 is 0. The molecule has 0 saturated carbocycles. The highest BCUT2D eigenvalue weighted by atomic mass is 32.2. The first-order valence-corrected chi connectivity index (χ1v) is 11.8. The Hall–Kier alpha value is -2.92. The maximum absolute atomic E-state index is 13.1.